The highest BCUT2D eigenvalue weighted by atomic mass is 35.5. The molecule has 0 aliphatic heterocycles. The topological polar surface area (TPSA) is 79.3 Å². The van der Waals surface area contributed by atoms with Crippen molar-refractivity contribution < 1.29 is 14.7 Å². The van der Waals surface area contributed by atoms with Crippen molar-refractivity contribution in [3.05, 3.63) is 30.0 Å². The Hall–Kier alpha value is -1.88. The van der Waals surface area contributed by atoms with E-state index in [4.69, 9.17) is 5.11 Å². The molecule has 0 bridgehead atoms. The summed E-state index contributed by atoms with van der Waals surface area (Å²) in [6.45, 7) is 1.39. The average Bonchev–Trinajstić information content (AvgIpc) is 2.16. The van der Waals surface area contributed by atoms with Crippen LogP contribution in [0.15, 0.2) is 24.4 Å². The van der Waals surface area contributed by atoms with Crippen LogP contribution in [0.4, 0.5) is 5.82 Å². The summed E-state index contributed by atoms with van der Waals surface area (Å²) in [4.78, 5) is 24.8. The Bertz CT molecular complexity index is 401. The first-order valence-corrected chi connectivity index (χ1v) is 4.22. The predicted octanol–water partition coefficient (Wildman–Crippen LogP) is 1.56. The number of nitrogens with zero attached hydrogens (tertiary/aromatic N) is 1. The standard InChI is InChI=1S/C10H10N2O3.ClH/c1-7(13)12-9-4-2-8(6-11-9)3-5-10(14)15;/h2-6H,1H3,(H,14,15)(H,11,12,13);1H. The first kappa shape index (κ1) is 14.1. The number of carboxylic acid groups (broad SMARTS) is 1. The molecule has 0 aliphatic carbocycles. The maximum Gasteiger partial charge on any atom is 0.328 e. The lowest BCUT2D eigenvalue weighted by atomic mass is 10.2. The minimum Gasteiger partial charge on any atom is -0.478 e. The number of hydrogen-bond acceptors (Lipinski definition) is 3. The van der Waals surface area contributed by atoms with Crippen LogP contribution in [0.3, 0.4) is 0 Å². The van der Waals surface area contributed by atoms with E-state index in [1.165, 1.54) is 19.2 Å². The molecule has 86 valence electrons. The first-order valence-electron chi connectivity index (χ1n) is 4.22. The van der Waals surface area contributed by atoms with Crippen molar-refractivity contribution in [2.75, 3.05) is 5.32 Å². The van der Waals surface area contributed by atoms with Crippen molar-refractivity contribution in [1.29, 1.82) is 0 Å². The molecule has 1 aromatic rings. The fourth-order valence-electron chi connectivity index (χ4n) is 0.926. The van der Waals surface area contributed by atoms with E-state index in [9.17, 15) is 9.59 Å². The fraction of sp³-hybridized carbons (Fsp3) is 0.100. The molecule has 1 rings (SSSR count). The number of rotatable bonds is 3. The summed E-state index contributed by atoms with van der Waals surface area (Å²) in [5.41, 5.74) is 0.659. The zero-order chi connectivity index (χ0) is 11.3. The number of carbonyl (C=O) groups is 2. The van der Waals surface area contributed by atoms with Gasteiger partial charge in [0.25, 0.3) is 0 Å². The predicted molar refractivity (Wildman–Crippen MR) is 62.5 cm³/mol. The van der Waals surface area contributed by atoms with Crippen molar-refractivity contribution in [2.45, 2.75) is 6.92 Å². The number of carbonyl (C=O) groups excluding carboxylic acids is 1. The molecule has 0 aliphatic rings. The number of aliphatic carboxylic acids is 1. The maximum atomic E-state index is 10.7. The van der Waals surface area contributed by atoms with Gasteiger partial charge in [0, 0.05) is 19.2 Å². The van der Waals surface area contributed by atoms with Crippen LogP contribution in [0.5, 0.6) is 0 Å². The lowest BCUT2D eigenvalue weighted by Gasteiger charge is -2.00. The van der Waals surface area contributed by atoms with Crippen molar-refractivity contribution in [1.82, 2.24) is 4.98 Å². The molecule has 0 fully saturated rings. The van der Waals surface area contributed by atoms with Crippen LogP contribution in [0, 0.1) is 0 Å². The van der Waals surface area contributed by atoms with Gasteiger partial charge in [-0.25, -0.2) is 9.78 Å². The monoisotopic (exact) mass is 242 g/mol. The second kappa shape index (κ2) is 6.58. The molecule has 0 saturated carbocycles. The molecule has 6 heteroatoms. The van der Waals surface area contributed by atoms with Crippen molar-refractivity contribution in [2.24, 2.45) is 0 Å². The molecular weight excluding hydrogens is 232 g/mol. The average molecular weight is 243 g/mol. The van der Waals surface area contributed by atoms with E-state index in [0.29, 0.717) is 11.4 Å². The van der Waals surface area contributed by atoms with Gasteiger partial charge in [-0.2, -0.15) is 0 Å². The normalized spacial score (nSPS) is 9.56. The minimum atomic E-state index is -1.01. The number of halogens is 1. The summed E-state index contributed by atoms with van der Waals surface area (Å²) in [6, 6.07) is 3.26. The van der Waals surface area contributed by atoms with Gasteiger partial charge in [-0.05, 0) is 23.8 Å². The maximum absolute atomic E-state index is 10.7. The summed E-state index contributed by atoms with van der Waals surface area (Å²) in [7, 11) is 0. The largest absolute Gasteiger partial charge is 0.478 e. The summed E-state index contributed by atoms with van der Waals surface area (Å²) in [6.07, 6.45) is 3.92. The third kappa shape index (κ3) is 5.11. The molecule has 0 radical (unpaired) electrons. The van der Waals surface area contributed by atoms with Gasteiger partial charge in [-0.3, -0.25) is 4.79 Å². The molecule has 0 aromatic carbocycles. The quantitative estimate of drug-likeness (QED) is 0.789. The number of amides is 1. The van der Waals surface area contributed by atoms with Crippen LogP contribution >= 0.6 is 12.4 Å². The highest BCUT2D eigenvalue weighted by Gasteiger charge is 1.96. The fourth-order valence-corrected chi connectivity index (χ4v) is 0.926. The number of pyridine rings is 1. The zero-order valence-electron chi connectivity index (χ0n) is 8.51. The van der Waals surface area contributed by atoms with E-state index < -0.39 is 5.97 Å². The van der Waals surface area contributed by atoms with E-state index in [-0.39, 0.29) is 18.3 Å². The number of hydrogen-bond donors (Lipinski definition) is 2. The Morgan fingerprint density at radius 3 is 2.56 bits per heavy atom. The van der Waals surface area contributed by atoms with Gasteiger partial charge in [-0.15, -0.1) is 12.4 Å². The summed E-state index contributed by atoms with van der Waals surface area (Å²) in [5, 5.41) is 10.9. The van der Waals surface area contributed by atoms with Crippen LogP contribution in [-0.4, -0.2) is 22.0 Å². The molecule has 0 unspecified atom stereocenters. The lowest BCUT2D eigenvalue weighted by Crippen LogP contribution is -2.06. The Kier molecular flexibility index (Phi) is 5.80. The Morgan fingerprint density at radius 2 is 2.12 bits per heavy atom. The van der Waals surface area contributed by atoms with E-state index in [0.717, 1.165) is 6.08 Å². The smallest absolute Gasteiger partial charge is 0.328 e. The van der Waals surface area contributed by atoms with Gasteiger partial charge in [0.1, 0.15) is 5.82 Å². The van der Waals surface area contributed by atoms with E-state index in [1.807, 2.05) is 0 Å². The first-order chi connectivity index (χ1) is 7.08. The third-order valence-corrected chi connectivity index (χ3v) is 1.51. The highest BCUT2D eigenvalue weighted by Crippen LogP contribution is 2.06. The van der Waals surface area contributed by atoms with E-state index in [2.05, 4.69) is 10.3 Å². The van der Waals surface area contributed by atoms with Crippen LogP contribution in [0.25, 0.3) is 6.08 Å². The van der Waals surface area contributed by atoms with Gasteiger partial charge in [0.15, 0.2) is 0 Å². The Morgan fingerprint density at radius 1 is 1.44 bits per heavy atom. The zero-order valence-corrected chi connectivity index (χ0v) is 9.32. The van der Waals surface area contributed by atoms with Gasteiger partial charge < -0.3 is 10.4 Å². The lowest BCUT2D eigenvalue weighted by molar-refractivity contribution is -0.131. The Labute approximate surface area is 98.6 Å². The molecular formula is C10H11ClN2O3. The SMILES string of the molecule is CC(=O)Nc1ccc(C=CC(=O)O)cn1.Cl. The second-order valence-corrected chi connectivity index (χ2v) is 2.83. The summed E-state index contributed by atoms with van der Waals surface area (Å²) < 4.78 is 0. The van der Waals surface area contributed by atoms with Crippen molar-refractivity contribution >= 4 is 36.2 Å². The van der Waals surface area contributed by atoms with Crippen LogP contribution in [-0.2, 0) is 9.59 Å². The minimum absolute atomic E-state index is 0. The number of carboxylic acids is 1. The molecule has 1 amide bonds. The molecule has 5 nitrogen and oxygen atoms in total. The van der Waals surface area contributed by atoms with Gasteiger partial charge >= 0.3 is 5.97 Å². The summed E-state index contributed by atoms with van der Waals surface area (Å²) in [5.74, 6) is -0.771. The number of aromatic nitrogens is 1. The van der Waals surface area contributed by atoms with Gasteiger partial charge in [0.05, 0.1) is 0 Å². The second-order valence-electron chi connectivity index (χ2n) is 2.83. The van der Waals surface area contributed by atoms with Crippen molar-refractivity contribution in [3.63, 3.8) is 0 Å². The third-order valence-electron chi connectivity index (χ3n) is 1.51. The highest BCUT2D eigenvalue weighted by molar-refractivity contribution is 5.88. The number of anilines is 1. The molecule has 1 aromatic heterocycles. The van der Waals surface area contributed by atoms with Crippen LogP contribution < -0.4 is 5.32 Å². The molecule has 0 atom stereocenters. The molecule has 0 spiro atoms. The molecule has 0 saturated heterocycles. The molecule has 16 heavy (non-hydrogen) atoms. The number of nitrogens with one attached hydrogen (secondary N) is 1. The van der Waals surface area contributed by atoms with E-state index in [1.54, 1.807) is 12.1 Å². The van der Waals surface area contributed by atoms with Crippen LogP contribution in [0.1, 0.15) is 12.5 Å². The van der Waals surface area contributed by atoms with Crippen LogP contribution in [0.2, 0.25) is 0 Å². The summed E-state index contributed by atoms with van der Waals surface area (Å²) >= 11 is 0. The van der Waals surface area contributed by atoms with E-state index >= 15 is 0 Å². The molecule has 2 N–H and O–H groups in total. The van der Waals surface area contributed by atoms with Gasteiger partial charge in [-0.1, -0.05) is 0 Å². The van der Waals surface area contributed by atoms with Crippen molar-refractivity contribution in [3.8, 4) is 0 Å². The van der Waals surface area contributed by atoms with Gasteiger partial charge in [0.2, 0.25) is 5.91 Å². The molecule has 1 heterocycles. The Balaban J connectivity index is 0.00000225.